The number of methoxy groups -OCH3 is 1. The lowest BCUT2D eigenvalue weighted by atomic mass is 9.43. The Bertz CT molecular complexity index is 621. The van der Waals surface area contributed by atoms with E-state index in [1.54, 1.807) is 0 Å². The van der Waals surface area contributed by atoms with Crippen molar-refractivity contribution in [2.24, 2.45) is 28.6 Å². The smallest absolute Gasteiger partial charge is 0.311 e. The minimum absolute atomic E-state index is 0.113. The van der Waals surface area contributed by atoms with E-state index in [-0.39, 0.29) is 34.9 Å². The zero-order valence-corrected chi connectivity index (χ0v) is 16.2. The summed E-state index contributed by atoms with van der Waals surface area (Å²) < 4.78 is 5.14. The van der Waals surface area contributed by atoms with Gasteiger partial charge in [0.15, 0.2) is 5.78 Å². The van der Waals surface area contributed by atoms with Crippen molar-refractivity contribution in [3.63, 3.8) is 0 Å². The number of Topliss-reactive ketones (excluding diaryl/α,β-unsaturated/α-hetero) is 1. The summed E-state index contributed by atoms with van der Waals surface area (Å²) in [6.45, 7) is 8.23. The van der Waals surface area contributed by atoms with Gasteiger partial charge in [-0.1, -0.05) is 27.2 Å². The van der Waals surface area contributed by atoms with Gasteiger partial charge in [0.1, 0.15) is 0 Å². The normalized spacial score (nSPS) is 44.0. The van der Waals surface area contributed by atoms with E-state index < -0.39 is 11.0 Å². The molecule has 4 heteroatoms. The molecule has 0 radical (unpaired) electrons. The van der Waals surface area contributed by atoms with E-state index in [0.29, 0.717) is 12.8 Å². The molecule has 1 N–H and O–H groups in total. The fourth-order valence-corrected chi connectivity index (χ4v) is 6.30. The number of rotatable bonds is 2. The molecule has 0 saturated heterocycles. The molecule has 0 heterocycles. The molecule has 25 heavy (non-hydrogen) atoms. The van der Waals surface area contributed by atoms with E-state index >= 15 is 0 Å². The van der Waals surface area contributed by atoms with Crippen LogP contribution in [0.1, 0.15) is 66.2 Å². The maximum atomic E-state index is 12.7. The summed E-state index contributed by atoms with van der Waals surface area (Å²) in [6, 6.07) is 0. The fraction of sp³-hybridized carbons (Fsp3) is 0.810. The maximum absolute atomic E-state index is 12.7. The van der Waals surface area contributed by atoms with Crippen LogP contribution in [0.25, 0.3) is 0 Å². The molecule has 4 nitrogen and oxygen atoms in total. The molecule has 0 aromatic rings. The SMILES string of the molecule is COC(=O)[C@]1(C)CCC[C@]2(C)[C@H]3CC(=O)C(C(C)C)=C[C@@]3(O)CC[C@H]21. The van der Waals surface area contributed by atoms with Crippen LogP contribution < -0.4 is 0 Å². The van der Waals surface area contributed by atoms with Gasteiger partial charge in [0.2, 0.25) is 0 Å². The third-order valence-electron chi connectivity index (χ3n) is 7.60. The highest BCUT2D eigenvalue weighted by atomic mass is 16.5. The summed E-state index contributed by atoms with van der Waals surface area (Å²) in [7, 11) is 1.46. The quantitative estimate of drug-likeness (QED) is 0.774. The van der Waals surface area contributed by atoms with Crippen LogP contribution in [0, 0.1) is 28.6 Å². The summed E-state index contributed by atoms with van der Waals surface area (Å²) >= 11 is 0. The molecule has 0 unspecified atom stereocenters. The third-order valence-corrected chi connectivity index (χ3v) is 7.60. The van der Waals surface area contributed by atoms with Gasteiger partial charge in [-0.3, -0.25) is 9.59 Å². The molecule has 0 spiro atoms. The average molecular weight is 348 g/mol. The van der Waals surface area contributed by atoms with E-state index in [0.717, 1.165) is 31.3 Å². The first-order valence-electron chi connectivity index (χ1n) is 9.65. The minimum atomic E-state index is -0.923. The van der Waals surface area contributed by atoms with E-state index in [1.807, 2.05) is 26.8 Å². The molecule has 3 aliphatic rings. The van der Waals surface area contributed by atoms with Crippen molar-refractivity contribution in [2.75, 3.05) is 7.11 Å². The van der Waals surface area contributed by atoms with Crippen LogP contribution in [0.15, 0.2) is 11.6 Å². The molecule has 2 saturated carbocycles. The number of aliphatic hydroxyl groups is 1. The van der Waals surface area contributed by atoms with Crippen LogP contribution in [-0.2, 0) is 14.3 Å². The van der Waals surface area contributed by atoms with Crippen molar-refractivity contribution in [1.29, 1.82) is 0 Å². The zero-order valence-electron chi connectivity index (χ0n) is 16.2. The third kappa shape index (κ3) is 2.59. The first-order chi connectivity index (χ1) is 11.6. The standard InChI is InChI=1S/C21H32O4/c1-13(2)14-12-21(24)10-7-16-19(3,17(21)11-15(14)22)8-6-9-20(16,4)18(23)25-5/h12-13,16-17,24H,6-11H2,1-5H3/t16-,17-,19+,20-,21+/m1/s1. The van der Waals surface area contributed by atoms with Crippen LogP contribution in [0.4, 0.5) is 0 Å². The fourth-order valence-electron chi connectivity index (χ4n) is 6.30. The van der Waals surface area contributed by atoms with Gasteiger partial charge < -0.3 is 9.84 Å². The number of allylic oxidation sites excluding steroid dienone is 1. The highest BCUT2D eigenvalue weighted by Crippen LogP contribution is 2.64. The van der Waals surface area contributed by atoms with Crippen molar-refractivity contribution in [3.05, 3.63) is 11.6 Å². The number of hydrogen-bond acceptors (Lipinski definition) is 4. The minimum Gasteiger partial charge on any atom is -0.469 e. The Hall–Kier alpha value is -1.16. The molecule has 0 aliphatic heterocycles. The van der Waals surface area contributed by atoms with Gasteiger partial charge in [-0.2, -0.15) is 0 Å². The maximum Gasteiger partial charge on any atom is 0.311 e. The second kappa shape index (κ2) is 5.94. The van der Waals surface area contributed by atoms with Crippen molar-refractivity contribution >= 4 is 11.8 Å². The van der Waals surface area contributed by atoms with Gasteiger partial charge in [0.25, 0.3) is 0 Å². The van der Waals surface area contributed by atoms with Crippen molar-refractivity contribution < 1.29 is 19.4 Å². The second-order valence-corrected chi connectivity index (χ2v) is 9.29. The number of ether oxygens (including phenoxy) is 1. The molecule has 0 bridgehead atoms. The lowest BCUT2D eigenvalue weighted by molar-refractivity contribution is -0.189. The van der Waals surface area contributed by atoms with Crippen LogP contribution >= 0.6 is 0 Å². The Morgan fingerprint density at radius 3 is 2.52 bits per heavy atom. The molecular formula is C21H32O4. The van der Waals surface area contributed by atoms with Crippen LogP contribution in [-0.4, -0.2) is 29.6 Å². The summed E-state index contributed by atoms with van der Waals surface area (Å²) in [5.41, 5.74) is -0.892. The van der Waals surface area contributed by atoms with E-state index in [9.17, 15) is 14.7 Å². The Labute approximate surface area is 151 Å². The first-order valence-corrected chi connectivity index (χ1v) is 9.65. The molecule has 2 fully saturated rings. The Kier molecular flexibility index (Phi) is 4.42. The summed E-state index contributed by atoms with van der Waals surface area (Å²) in [5, 5.41) is 11.5. The first kappa shape index (κ1) is 18.6. The predicted molar refractivity (Wildman–Crippen MR) is 95.8 cm³/mol. The van der Waals surface area contributed by atoms with Crippen LogP contribution in [0.5, 0.6) is 0 Å². The monoisotopic (exact) mass is 348 g/mol. The molecule has 3 aliphatic carbocycles. The largest absolute Gasteiger partial charge is 0.469 e. The van der Waals surface area contributed by atoms with Gasteiger partial charge in [-0.15, -0.1) is 0 Å². The average Bonchev–Trinajstić information content (AvgIpc) is 2.54. The highest BCUT2D eigenvalue weighted by molar-refractivity contribution is 5.97. The Morgan fingerprint density at radius 1 is 1.24 bits per heavy atom. The van der Waals surface area contributed by atoms with E-state index in [1.165, 1.54) is 7.11 Å². The molecule has 0 aromatic carbocycles. The topological polar surface area (TPSA) is 63.6 Å². The predicted octanol–water partition coefficient (Wildman–Crippen LogP) is 3.67. The summed E-state index contributed by atoms with van der Waals surface area (Å²) in [4.78, 5) is 25.3. The number of carbonyl (C=O) groups excluding carboxylic acids is 2. The van der Waals surface area contributed by atoms with Gasteiger partial charge in [0, 0.05) is 12.3 Å². The number of ketones is 1. The van der Waals surface area contributed by atoms with Gasteiger partial charge in [-0.05, 0) is 61.5 Å². The number of esters is 1. The number of carbonyl (C=O) groups is 2. The lowest BCUT2D eigenvalue weighted by Gasteiger charge is -2.61. The van der Waals surface area contributed by atoms with Gasteiger partial charge >= 0.3 is 5.97 Å². The van der Waals surface area contributed by atoms with Crippen LogP contribution in [0.2, 0.25) is 0 Å². The molecule has 3 rings (SSSR count). The molecular weight excluding hydrogens is 316 g/mol. The molecule has 140 valence electrons. The second-order valence-electron chi connectivity index (χ2n) is 9.29. The number of hydrogen-bond donors (Lipinski definition) is 1. The van der Waals surface area contributed by atoms with Crippen molar-refractivity contribution in [2.45, 2.75) is 71.8 Å². The lowest BCUT2D eigenvalue weighted by Crippen LogP contribution is -2.61. The van der Waals surface area contributed by atoms with Crippen molar-refractivity contribution in [3.8, 4) is 0 Å². The highest BCUT2D eigenvalue weighted by Gasteiger charge is 2.63. The zero-order chi connectivity index (χ0) is 18.6. The number of fused-ring (bicyclic) bond motifs is 3. The summed E-state index contributed by atoms with van der Waals surface area (Å²) in [6.07, 6.45) is 6.38. The van der Waals surface area contributed by atoms with Gasteiger partial charge in [-0.25, -0.2) is 0 Å². The van der Waals surface area contributed by atoms with E-state index in [4.69, 9.17) is 4.74 Å². The van der Waals surface area contributed by atoms with Crippen molar-refractivity contribution in [1.82, 2.24) is 0 Å². The Morgan fingerprint density at radius 2 is 1.92 bits per heavy atom. The van der Waals surface area contributed by atoms with Crippen LogP contribution in [0.3, 0.4) is 0 Å². The van der Waals surface area contributed by atoms with Gasteiger partial charge in [0.05, 0.1) is 18.1 Å². The molecule has 0 amide bonds. The molecule has 0 aromatic heterocycles. The molecule has 5 atom stereocenters. The van der Waals surface area contributed by atoms with E-state index in [2.05, 4.69) is 6.92 Å². The summed E-state index contributed by atoms with van der Waals surface area (Å²) in [5.74, 6) is 0.187. The Balaban J connectivity index is 2.04.